The van der Waals surface area contributed by atoms with Gasteiger partial charge in [0.05, 0.1) is 18.9 Å². The van der Waals surface area contributed by atoms with Crippen molar-refractivity contribution < 1.29 is 14.3 Å². The molecule has 0 atom stereocenters. The number of methoxy groups -OCH3 is 2. The van der Waals surface area contributed by atoms with E-state index in [1.165, 1.54) is 18.4 Å². The van der Waals surface area contributed by atoms with Crippen LogP contribution < -0.4 is 10.1 Å². The van der Waals surface area contributed by atoms with Crippen LogP contribution in [0.4, 0.5) is 9.93 Å². The number of pyridine rings is 1. The molecule has 0 saturated heterocycles. The first-order valence-corrected chi connectivity index (χ1v) is 7.69. The number of fused-ring (bicyclic) bond motifs is 1. The van der Waals surface area contributed by atoms with Crippen LogP contribution in [0.1, 0.15) is 5.69 Å². The monoisotopic (exact) mass is 329 g/mol. The van der Waals surface area contributed by atoms with Gasteiger partial charge in [-0.25, -0.2) is 9.78 Å². The highest BCUT2D eigenvalue weighted by Crippen LogP contribution is 2.39. The molecule has 0 unspecified atom stereocenters. The summed E-state index contributed by atoms with van der Waals surface area (Å²) in [4.78, 5) is 20.1. The summed E-state index contributed by atoms with van der Waals surface area (Å²) < 4.78 is 10.9. The van der Waals surface area contributed by atoms with Crippen molar-refractivity contribution in [3.63, 3.8) is 0 Å². The third kappa shape index (κ3) is 2.95. The van der Waals surface area contributed by atoms with Gasteiger partial charge in [-0.2, -0.15) is 0 Å². The van der Waals surface area contributed by atoms with E-state index < -0.39 is 6.09 Å². The van der Waals surface area contributed by atoms with Gasteiger partial charge in [0.1, 0.15) is 11.3 Å². The van der Waals surface area contributed by atoms with Gasteiger partial charge in [-0.15, -0.1) is 0 Å². The minimum absolute atomic E-state index is 0.461. The lowest BCUT2D eigenvalue weighted by atomic mass is 10.1. The van der Waals surface area contributed by atoms with Gasteiger partial charge in [-0.3, -0.25) is 10.3 Å². The van der Waals surface area contributed by atoms with Crippen LogP contribution in [0.3, 0.4) is 0 Å². The highest BCUT2D eigenvalue weighted by molar-refractivity contribution is 7.23. The number of anilines is 1. The van der Waals surface area contributed by atoms with Crippen molar-refractivity contribution in [1.29, 1.82) is 0 Å². The fourth-order valence-electron chi connectivity index (χ4n) is 2.28. The van der Waals surface area contributed by atoms with E-state index in [1.54, 1.807) is 13.3 Å². The molecule has 3 aromatic rings. The first-order valence-electron chi connectivity index (χ1n) is 6.88. The zero-order valence-corrected chi connectivity index (χ0v) is 13.7. The minimum Gasteiger partial charge on any atom is -0.494 e. The molecule has 0 aliphatic carbocycles. The summed E-state index contributed by atoms with van der Waals surface area (Å²) in [7, 11) is 2.91. The van der Waals surface area contributed by atoms with Crippen LogP contribution in [0.15, 0.2) is 30.5 Å². The first-order chi connectivity index (χ1) is 11.1. The molecule has 2 aromatic heterocycles. The van der Waals surface area contributed by atoms with Gasteiger partial charge >= 0.3 is 6.09 Å². The van der Waals surface area contributed by atoms with Crippen LogP contribution in [0.5, 0.6) is 5.75 Å². The van der Waals surface area contributed by atoms with E-state index in [-0.39, 0.29) is 0 Å². The fourth-order valence-corrected chi connectivity index (χ4v) is 3.28. The number of ether oxygens (including phenoxy) is 2. The second-order valence-electron chi connectivity index (χ2n) is 4.81. The van der Waals surface area contributed by atoms with Crippen molar-refractivity contribution in [3.8, 4) is 16.9 Å². The Labute approximate surface area is 137 Å². The number of aromatic nitrogens is 2. The number of aryl methyl sites for hydroxylation is 1. The van der Waals surface area contributed by atoms with Crippen LogP contribution in [0, 0.1) is 6.92 Å². The van der Waals surface area contributed by atoms with Crippen LogP contribution in [0.25, 0.3) is 21.3 Å². The molecule has 1 aromatic carbocycles. The Hall–Kier alpha value is -2.67. The zero-order chi connectivity index (χ0) is 16.4. The van der Waals surface area contributed by atoms with E-state index >= 15 is 0 Å². The summed E-state index contributed by atoms with van der Waals surface area (Å²) in [5.41, 5.74) is 3.69. The summed E-state index contributed by atoms with van der Waals surface area (Å²) in [6, 6.07) is 7.81. The fraction of sp³-hybridized carbons (Fsp3) is 0.188. The predicted octanol–water partition coefficient (Wildman–Crippen LogP) is 3.85. The van der Waals surface area contributed by atoms with Gasteiger partial charge < -0.3 is 9.47 Å². The van der Waals surface area contributed by atoms with E-state index in [0.717, 1.165) is 21.5 Å². The van der Waals surface area contributed by atoms with Crippen LogP contribution in [-0.4, -0.2) is 30.3 Å². The maximum atomic E-state index is 11.4. The summed E-state index contributed by atoms with van der Waals surface area (Å²) in [6.07, 6.45) is 1.22. The quantitative estimate of drug-likeness (QED) is 0.790. The third-order valence-electron chi connectivity index (χ3n) is 3.33. The molecule has 0 fully saturated rings. The molecule has 0 aliphatic rings. The molecule has 2 heterocycles. The summed E-state index contributed by atoms with van der Waals surface area (Å²) >= 11 is 1.37. The third-order valence-corrected chi connectivity index (χ3v) is 4.33. The van der Waals surface area contributed by atoms with Gasteiger partial charge in [0.25, 0.3) is 0 Å². The molecule has 1 N–H and O–H groups in total. The van der Waals surface area contributed by atoms with Crippen LogP contribution >= 0.6 is 11.3 Å². The van der Waals surface area contributed by atoms with Gasteiger partial charge in [0.2, 0.25) is 0 Å². The lowest BCUT2D eigenvalue weighted by Gasteiger charge is -2.06. The normalized spacial score (nSPS) is 10.6. The van der Waals surface area contributed by atoms with Gasteiger partial charge in [-0.05, 0) is 36.8 Å². The Kier molecular flexibility index (Phi) is 4.12. The second kappa shape index (κ2) is 6.21. The summed E-state index contributed by atoms with van der Waals surface area (Å²) in [6.45, 7) is 1.95. The van der Waals surface area contributed by atoms with Gasteiger partial charge in [-0.1, -0.05) is 11.3 Å². The molecule has 0 bridgehead atoms. The minimum atomic E-state index is -0.552. The summed E-state index contributed by atoms with van der Waals surface area (Å²) in [5.74, 6) is 0.656. The molecule has 3 rings (SSSR count). The molecule has 118 valence electrons. The first kappa shape index (κ1) is 15.2. The van der Waals surface area contributed by atoms with Crippen molar-refractivity contribution in [3.05, 3.63) is 36.2 Å². The average molecular weight is 329 g/mol. The van der Waals surface area contributed by atoms with Crippen LogP contribution in [-0.2, 0) is 4.74 Å². The SMILES string of the molecule is COC(=O)Nc1nc2c(OC)ccc(-c3ccnc(C)c3)c2s1. The summed E-state index contributed by atoms with van der Waals surface area (Å²) in [5, 5.41) is 3.06. The van der Waals surface area contributed by atoms with Gasteiger partial charge in [0.15, 0.2) is 5.13 Å². The molecule has 6 nitrogen and oxygen atoms in total. The second-order valence-corrected chi connectivity index (χ2v) is 5.81. The van der Waals surface area contributed by atoms with E-state index in [2.05, 4.69) is 20.0 Å². The number of hydrogen-bond acceptors (Lipinski definition) is 6. The number of amides is 1. The molecular weight excluding hydrogens is 314 g/mol. The average Bonchev–Trinajstić information content (AvgIpc) is 2.97. The van der Waals surface area contributed by atoms with E-state index in [1.807, 2.05) is 31.2 Å². The van der Waals surface area contributed by atoms with E-state index in [0.29, 0.717) is 16.4 Å². The lowest BCUT2D eigenvalue weighted by Crippen LogP contribution is -2.10. The Morgan fingerprint density at radius 1 is 1.26 bits per heavy atom. The predicted molar refractivity (Wildman–Crippen MR) is 90.2 cm³/mol. The molecule has 1 amide bonds. The number of benzene rings is 1. The van der Waals surface area contributed by atoms with Crippen molar-refractivity contribution in [1.82, 2.24) is 9.97 Å². The Morgan fingerprint density at radius 3 is 2.78 bits per heavy atom. The molecule has 0 aliphatic heterocycles. The smallest absolute Gasteiger partial charge is 0.413 e. The number of nitrogens with zero attached hydrogens (tertiary/aromatic N) is 2. The highest BCUT2D eigenvalue weighted by atomic mass is 32.1. The van der Waals surface area contributed by atoms with E-state index in [4.69, 9.17) is 4.74 Å². The van der Waals surface area contributed by atoms with Crippen molar-refractivity contribution >= 4 is 32.8 Å². The van der Waals surface area contributed by atoms with E-state index in [9.17, 15) is 4.79 Å². The van der Waals surface area contributed by atoms with Gasteiger partial charge in [0, 0.05) is 17.5 Å². The number of hydrogen-bond donors (Lipinski definition) is 1. The number of thiazole rings is 1. The maximum Gasteiger partial charge on any atom is 0.413 e. The number of carbonyl (C=O) groups excluding carboxylic acids is 1. The topological polar surface area (TPSA) is 73.3 Å². The number of carbonyl (C=O) groups is 1. The van der Waals surface area contributed by atoms with Crippen LogP contribution in [0.2, 0.25) is 0 Å². The molecule has 0 radical (unpaired) electrons. The standard InChI is InChI=1S/C16H15N3O3S/c1-9-8-10(6-7-17-9)11-4-5-12(21-2)13-14(11)23-15(18-13)19-16(20)22-3/h4-8H,1-3H3,(H,18,19,20). The molecule has 0 spiro atoms. The molecule has 7 heteroatoms. The molecule has 0 saturated carbocycles. The Balaban J connectivity index is 2.17. The zero-order valence-electron chi connectivity index (χ0n) is 12.9. The highest BCUT2D eigenvalue weighted by Gasteiger charge is 2.15. The molecule has 23 heavy (non-hydrogen) atoms. The number of nitrogens with one attached hydrogen (secondary N) is 1. The Bertz CT molecular complexity index is 876. The van der Waals surface area contributed by atoms with Crippen molar-refractivity contribution in [2.24, 2.45) is 0 Å². The van der Waals surface area contributed by atoms with Crippen molar-refractivity contribution in [2.75, 3.05) is 19.5 Å². The number of rotatable bonds is 3. The molecular formula is C16H15N3O3S. The Morgan fingerprint density at radius 2 is 2.09 bits per heavy atom. The largest absolute Gasteiger partial charge is 0.494 e. The maximum absolute atomic E-state index is 11.4. The lowest BCUT2D eigenvalue weighted by molar-refractivity contribution is 0.187. The van der Waals surface area contributed by atoms with Crippen molar-refractivity contribution in [2.45, 2.75) is 6.92 Å².